The average molecular weight is 269 g/mol. The molecular weight excluding hydrogens is 242 g/mol. The Bertz CT molecular complexity index is 308. The van der Waals surface area contributed by atoms with Crippen LogP contribution in [0.15, 0.2) is 0 Å². The number of likely N-dealkylation sites (N-methyl/N-ethyl adjacent to an activating group) is 1. The van der Waals surface area contributed by atoms with Crippen LogP contribution in [-0.4, -0.2) is 49.4 Å². The highest BCUT2D eigenvalue weighted by atomic mass is 16.2. The largest absolute Gasteiger partial charge is 0.347 e. The van der Waals surface area contributed by atoms with Crippen molar-refractivity contribution in [1.82, 2.24) is 15.5 Å². The summed E-state index contributed by atoms with van der Waals surface area (Å²) in [5, 5.41) is 6.08. The van der Waals surface area contributed by atoms with Gasteiger partial charge in [0, 0.05) is 19.6 Å². The molecule has 0 radical (unpaired) electrons. The number of carbonyl (C=O) groups excluding carboxylic acids is 2. The molecule has 0 bridgehead atoms. The number of hydrogen-bond acceptors (Lipinski definition) is 3. The molecule has 0 spiro atoms. The minimum absolute atomic E-state index is 0.00375. The summed E-state index contributed by atoms with van der Waals surface area (Å²) in [5.41, 5.74) is -0.307. The first kappa shape index (κ1) is 16.0. The van der Waals surface area contributed by atoms with Gasteiger partial charge < -0.3 is 15.5 Å². The topological polar surface area (TPSA) is 61.4 Å². The summed E-state index contributed by atoms with van der Waals surface area (Å²) in [5.74, 6) is 0.0239. The quantitative estimate of drug-likeness (QED) is 0.717. The highest BCUT2D eigenvalue weighted by Crippen LogP contribution is 2.31. The Morgan fingerprint density at radius 3 is 2.42 bits per heavy atom. The van der Waals surface area contributed by atoms with Crippen molar-refractivity contribution in [2.75, 3.05) is 32.7 Å². The predicted molar refractivity (Wildman–Crippen MR) is 75.8 cm³/mol. The molecule has 0 aromatic heterocycles. The first-order valence-corrected chi connectivity index (χ1v) is 7.36. The minimum atomic E-state index is -0.307. The van der Waals surface area contributed by atoms with Gasteiger partial charge in [-0.15, -0.1) is 0 Å². The minimum Gasteiger partial charge on any atom is -0.347 e. The lowest BCUT2D eigenvalue weighted by molar-refractivity contribution is -0.136. The lowest BCUT2D eigenvalue weighted by atomic mass is 9.81. The van der Waals surface area contributed by atoms with Crippen molar-refractivity contribution in [3.05, 3.63) is 0 Å². The van der Waals surface area contributed by atoms with Crippen LogP contribution >= 0.6 is 0 Å². The fraction of sp³-hybridized carbons (Fsp3) is 0.857. The highest BCUT2D eigenvalue weighted by Gasteiger charge is 2.40. The predicted octanol–water partition coefficient (Wildman–Crippen LogP) is 0.751. The van der Waals surface area contributed by atoms with Crippen LogP contribution in [-0.2, 0) is 9.59 Å². The fourth-order valence-corrected chi connectivity index (χ4v) is 2.77. The Morgan fingerprint density at radius 1 is 1.26 bits per heavy atom. The smallest absolute Gasteiger partial charge is 0.241 e. The van der Waals surface area contributed by atoms with E-state index in [1.807, 2.05) is 13.8 Å². The highest BCUT2D eigenvalue weighted by molar-refractivity contribution is 5.88. The van der Waals surface area contributed by atoms with Gasteiger partial charge >= 0.3 is 0 Å². The molecule has 1 aliphatic rings. The summed E-state index contributed by atoms with van der Waals surface area (Å²) in [6.07, 6.45) is 2.73. The third kappa shape index (κ3) is 3.93. The fourth-order valence-electron chi connectivity index (χ4n) is 2.77. The Balaban J connectivity index is 2.51. The van der Waals surface area contributed by atoms with E-state index in [4.69, 9.17) is 0 Å². The van der Waals surface area contributed by atoms with Gasteiger partial charge in [0.05, 0.1) is 12.0 Å². The van der Waals surface area contributed by atoms with Gasteiger partial charge in [-0.2, -0.15) is 0 Å². The van der Waals surface area contributed by atoms with Crippen LogP contribution < -0.4 is 10.6 Å². The first-order valence-electron chi connectivity index (χ1n) is 7.36. The van der Waals surface area contributed by atoms with E-state index in [1.54, 1.807) is 4.90 Å². The van der Waals surface area contributed by atoms with E-state index in [1.165, 1.54) is 0 Å². The van der Waals surface area contributed by atoms with Crippen LogP contribution in [0.3, 0.4) is 0 Å². The van der Waals surface area contributed by atoms with Gasteiger partial charge in [-0.25, -0.2) is 0 Å². The molecule has 5 nitrogen and oxygen atoms in total. The maximum atomic E-state index is 12.3. The van der Waals surface area contributed by atoms with Crippen molar-refractivity contribution in [1.29, 1.82) is 0 Å². The molecule has 0 saturated carbocycles. The third-order valence-electron chi connectivity index (χ3n) is 3.97. The molecule has 0 aromatic rings. The summed E-state index contributed by atoms with van der Waals surface area (Å²) in [7, 11) is 0. The number of amides is 2. The van der Waals surface area contributed by atoms with Crippen LogP contribution in [0.25, 0.3) is 0 Å². The lowest BCUT2D eigenvalue weighted by Gasteiger charge is -2.27. The van der Waals surface area contributed by atoms with Crippen molar-refractivity contribution in [3.63, 3.8) is 0 Å². The first-order chi connectivity index (χ1) is 9.09. The van der Waals surface area contributed by atoms with Crippen molar-refractivity contribution in [2.24, 2.45) is 5.41 Å². The van der Waals surface area contributed by atoms with E-state index in [-0.39, 0.29) is 23.8 Å². The lowest BCUT2D eigenvalue weighted by Crippen LogP contribution is -2.47. The normalized spacial score (nSPS) is 22.3. The maximum Gasteiger partial charge on any atom is 0.241 e. The summed E-state index contributed by atoms with van der Waals surface area (Å²) in [6, 6.07) is 0. The second kappa shape index (κ2) is 7.48. The molecule has 110 valence electrons. The number of nitrogens with zero attached hydrogens (tertiary/aromatic N) is 1. The Morgan fingerprint density at radius 2 is 1.95 bits per heavy atom. The van der Waals surface area contributed by atoms with Crippen molar-refractivity contribution in [3.8, 4) is 0 Å². The zero-order valence-corrected chi connectivity index (χ0v) is 12.4. The van der Waals surface area contributed by atoms with Gasteiger partial charge in [-0.1, -0.05) is 13.3 Å². The second-order valence-corrected chi connectivity index (χ2v) is 5.21. The molecule has 1 aliphatic heterocycles. The zero-order valence-electron chi connectivity index (χ0n) is 12.4. The molecule has 1 fully saturated rings. The SMILES string of the molecule is CCCC1(C(=O)NCC(=O)N(CC)CC)CCNC1. The van der Waals surface area contributed by atoms with Crippen LogP contribution in [0.5, 0.6) is 0 Å². The van der Waals surface area contributed by atoms with Gasteiger partial charge in [0.2, 0.25) is 11.8 Å². The van der Waals surface area contributed by atoms with E-state index in [0.29, 0.717) is 13.1 Å². The van der Waals surface area contributed by atoms with Crippen LogP contribution in [0.2, 0.25) is 0 Å². The average Bonchev–Trinajstić information content (AvgIpc) is 2.87. The van der Waals surface area contributed by atoms with E-state index in [0.717, 1.165) is 32.4 Å². The zero-order chi connectivity index (χ0) is 14.3. The molecule has 1 saturated heterocycles. The summed E-state index contributed by atoms with van der Waals surface area (Å²) in [6.45, 7) is 9.09. The van der Waals surface area contributed by atoms with Gasteiger partial charge in [0.25, 0.3) is 0 Å². The molecule has 0 aromatic carbocycles. The third-order valence-corrected chi connectivity index (χ3v) is 3.97. The van der Waals surface area contributed by atoms with E-state index in [9.17, 15) is 9.59 Å². The molecular formula is C14H27N3O2. The molecule has 2 amide bonds. The Labute approximate surface area is 116 Å². The molecule has 5 heteroatoms. The Hall–Kier alpha value is -1.10. The molecule has 19 heavy (non-hydrogen) atoms. The van der Waals surface area contributed by atoms with E-state index < -0.39 is 0 Å². The van der Waals surface area contributed by atoms with Gasteiger partial charge in [-0.3, -0.25) is 9.59 Å². The van der Waals surface area contributed by atoms with Gasteiger partial charge in [0.15, 0.2) is 0 Å². The number of hydrogen-bond donors (Lipinski definition) is 2. The van der Waals surface area contributed by atoms with Crippen LogP contribution in [0.4, 0.5) is 0 Å². The molecule has 2 N–H and O–H groups in total. The van der Waals surface area contributed by atoms with Crippen molar-refractivity contribution >= 4 is 11.8 Å². The monoisotopic (exact) mass is 269 g/mol. The molecule has 1 atom stereocenters. The van der Waals surface area contributed by atoms with E-state index in [2.05, 4.69) is 17.6 Å². The van der Waals surface area contributed by atoms with Crippen LogP contribution in [0.1, 0.15) is 40.0 Å². The summed E-state index contributed by atoms with van der Waals surface area (Å²) in [4.78, 5) is 26.0. The van der Waals surface area contributed by atoms with Crippen LogP contribution in [0, 0.1) is 5.41 Å². The van der Waals surface area contributed by atoms with Gasteiger partial charge in [0.1, 0.15) is 0 Å². The van der Waals surface area contributed by atoms with Gasteiger partial charge in [-0.05, 0) is 33.2 Å². The number of rotatable bonds is 7. The second-order valence-electron chi connectivity index (χ2n) is 5.21. The summed E-state index contributed by atoms with van der Waals surface area (Å²) >= 11 is 0. The molecule has 1 rings (SSSR count). The maximum absolute atomic E-state index is 12.3. The molecule has 1 unspecified atom stereocenters. The Kier molecular flexibility index (Phi) is 6.28. The molecule has 1 heterocycles. The van der Waals surface area contributed by atoms with E-state index >= 15 is 0 Å². The van der Waals surface area contributed by atoms with Crippen molar-refractivity contribution < 1.29 is 9.59 Å². The number of carbonyl (C=O) groups is 2. The summed E-state index contributed by atoms with van der Waals surface area (Å²) < 4.78 is 0. The number of nitrogens with one attached hydrogen (secondary N) is 2. The molecule has 0 aliphatic carbocycles. The van der Waals surface area contributed by atoms with Crippen molar-refractivity contribution in [2.45, 2.75) is 40.0 Å². The standard InChI is InChI=1S/C14H27N3O2/c1-4-7-14(8-9-15-11-14)13(19)16-10-12(18)17(5-2)6-3/h15H,4-11H2,1-3H3,(H,16,19).